The van der Waals surface area contributed by atoms with E-state index in [0.717, 1.165) is 16.6 Å². The monoisotopic (exact) mass is 329 g/mol. The highest BCUT2D eigenvalue weighted by Crippen LogP contribution is 2.33. The number of hydrogen-bond acceptors (Lipinski definition) is 3. The molecule has 1 fully saturated rings. The van der Waals surface area contributed by atoms with E-state index < -0.39 is 6.10 Å². The smallest absolute Gasteiger partial charge is 0.0772 e. The Kier molecular flexibility index (Phi) is 4.62. The minimum Gasteiger partial charge on any atom is -0.389 e. The van der Waals surface area contributed by atoms with E-state index in [4.69, 9.17) is 0 Å². The van der Waals surface area contributed by atoms with Gasteiger partial charge in [0.1, 0.15) is 0 Å². The molecule has 100 valence electrons. The summed E-state index contributed by atoms with van der Waals surface area (Å²) in [6.07, 6.45) is -0.429. The van der Waals surface area contributed by atoms with Gasteiger partial charge in [-0.05, 0) is 31.5 Å². The molecule has 1 saturated heterocycles. The molecule has 4 heteroatoms. The largest absolute Gasteiger partial charge is 0.389 e. The number of nitrogens with zero attached hydrogens (tertiary/aromatic N) is 1. The molecule has 2 rings (SSSR count). The van der Waals surface area contributed by atoms with Gasteiger partial charge < -0.3 is 10.0 Å². The highest BCUT2D eigenvalue weighted by Gasteiger charge is 2.25. The lowest BCUT2D eigenvalue weighted by molar-refractivity contribution is 0.198. The molecular formula is C14H20BrNOS. The van der Waals surface area contributed by atoms with Crippen molar-refractivity contribution in [3.63, 3.8) is 0 Å². The summed E-state index contributed by atoms with van der Waals surface area (Å²) in [4.78, 5) is 2.46. The number of rotatable bonds is 2. The quantitative estimate of drug-likeness (QED) is 0.891. The molecule has 3 atom stereocenters. The zero-order valence-electron chi connectivity index (χ0n) is 11.1. The highest BCUT2D eigenvalue weighted by atomic mass is 79.9. The summed E-state index contributed by atoms with van der Waals surface area (Å²) < 4.78 is 0.994. The molecule has 2 unspecified atom stereocenters. The number of aliphatic hydroxyl groups excluding tert-OH is 1. The van der Waals surface area contributed by atoms with E-state index in [9.17, 15) is 5.11 Å². The summed E-state index contributed by atoms with van der Waals surface area (Å²) >= 11 is 5.60. The molecule has 1 aliphatic rings. The van der Waals surface area contributed by atoms with Crippen LogP contribution in [0.4, 0.5) is 5.69 Å². The first-order valence-electron chi connectivity index (χ1n) is 6.36. The molecule has 0 saturated carbocycles. The first-order chi connectivity index (χ1) is 8.50. The summed E-state index contributed by atoms with van der Waals surface area (Å²) in [6.45, 7) is 7.46. The number of halogens is 1. The maximum atomic E-state index is 9.65. The van der Waals surface area contributed by atoms with Crippen LogP contribution < -0.4 is 4.90 Å². The first-order valence-corrected chi connectivity index (χ1v) is 8.20. The van der Waals surface area contributed by atoms with Crippen molar-refractivity contribution in [2.75, 3.05) is 17.2 Å². The lowest BCUT2D eigenvalue weighted by atomic mass is 10.1. The normalized spacial score (nSPS) is 26.2. The second kappa shape index (κ2) is 5.85. The SMILES string of the molecule is CC1SCCN(c2ccc([C@H](C)O)c(Br)c2)C1C. The van der Waals surface area contributed by atoms with Gasteiger partial charge in [-0.1, -0.05) is 28.9 Å². The van der Waals surface area contributed by atoms with Crippen LogP contribution in [0.3, 0.4) is 0 Å². The maximum absolute atomic E-state index is 9.65. The van der Waals surface area contributed by atoms with Crippen molar-refractivity contribution in [1.82, 2.24) is 0 Å². The summed E-state index contributed by atoms with van der Waals surface area (Å²) in [7, 11) is 0. The van der Waals surface area contributed by atoms with E-state index in [2.05, 4.69) is 46.8 Å². The molecular weight excluding hydrogens is 310 g/mol. The van der Waals surface area contributed by atoms with Crippen molar-refractivity contribution in [2.45, 2.75) is 38.2 Å². The molecule has 1 aliphatic heterocycles. The van der Waals surface area contributed by atoms with Crippen LogP contribution in [0.15, 0.2) is 22.7 Å². The Morgan fingerprint density at radius 2 is 2.17 bits per heavy atom. The van der Waals surface area contributed by atoms with Gasteiger partial charge in [-0.2, -0.15) is 11.8 Å². The topological polar surface area (TPSA) is 23.5 Å². The van der Waals surface area contributed by atoms with E-state index in [-0.39, 0.29) is 0 Å². The molecule has 18 heavy (non-hydrogen) atoms. The van der Waals surface area contributed by atoms with E-state index >= 15 is 0 Å². The van der Waals surface area contributed by atoms with Gasteiger partial charge in [-0.25, -0.2) is 0 Å². The first kappa shape index (κ1) is 14.2. The fourth-order valence-electron chi connectivity index (χ4n) is 2.33. The third-order valence-corrected chi connectivity index (χ3v) is 5.67. The summed E-state index contributed by atoms with van der Waals surface area (Å²) in [5, 5.41) is 10.3. The van der Waals surface area contributed by atoms with Gasteiger partial charge in [-0.3, -0.25) is 0 Å². The van der Waals surface area contributed by atoms with Gasteiger partial charge in [0.2, 0.25) is 0 Å². The van der Waals surface area contributed by atoms with Gasteiger partial charge in [0, 0.05) is 33.7 Å². The lowest BCUT2D eigenvalue weighted by Crippen LogP contribution is -2.44. The molecule has 0 aromatic heterocycles. The Hall–Kier alpha value is -0.190. The Morgan fingerprint density at radius 1 is 1.44 bits per heavy atom. The van der Waals surface area contributed by atoms with Crippen LogP contribution in [0.25, 0.3) is 0 Å². The Bertz CT molecular complexity index is 424. The zero-order valence-corrected chi connectivity index (χ0v) is 13.5. The molecule has 2 nitrogen and oxygen atoms in total. The van der Waals surface area contributed by atoms with Crippen LogP contribution >= 0.6 is 27.7 Å². The molecule has 0 spiro atoms. The van der Waals surface area contributed by atoms with E-state index in [1.54, 1.807) is 6.92 Å². The molecule has 0 amide bonds. The number of hydrogen-bond donors (Lipinski definition) is 1. The minimum absolute atomic E-state index is 0.429. The number of benzene rings is 1. The second-order valence-corrected chi connectivity index (χ2v) is 7.23. The average molecular weight is 330 g/mol. The third kappa shape index (κ3) is 2.86. The second-order valence-electron chi connectivity index (χ2n) is 4.89. The Balaban J connectivity index is 2.26. The molecule has 1 heterocycles. The van der Waals surface area contributed by atoms with Gasteiger partial charge in [0.25, 0.3) is 0 Å². The van der Waals surface area contributed by atoms with Crippen molar-refractivity contribution >= 4 is 33.4 Å². The maximum Gasteiger partial charge on any atom is 0.0772 e. The fraction of sp³-hybridized carbons (Fsp3) is 0.571. The van der Waals surface area contributed by atoms with Gasteiger partial charge >= 0.3 is 0 Å². The van der Waals surface area contributed by atoms with Crippen molar-refractivity contribution in [1.29, 1.82) is 0 Å². The van der Waals surface area contributed by atoms with Gasteiger partial charge in [-0.15, -0.1) is 0 Å². The molecule has 1 aromatic carbocycles. The number of anilines is 1. The van der Waals surface area contributed by atoms with Crippen LogP contribution in [0.5, 0.6) is 0 Å². The summed E-state index contributed by atoms with van der Waals surface area (Å²) in [5.74, 6) is 1.18. The van der Waals surface area contributed by atoms with Crippen LogP contribution in [-0.4, -0.2) is 28.7 Å². The van der Waals surface area contributed by atoms with E-state index in [1.807, 2.05) is 17.8 Å². The van der Waals surface area contributed by atoms with Crippen molar-refractivity contribution in [3.05, 3.63) is 28.2 Å². The molecule has 1 aromatic rings. The average Bonchev–Trinajstić information content (AvgIpc) is 2.32. The molecule has 0 aliphatic carbocycles. The number of aliphatic hydroxyl groups is 1. The van der Waals surface area contributed by atoms with Gasteiger partial charge in [0.05, 0.1) is 6.10 Å². The van der Waals surface area contributed by atoms with E-state index in [1.165, 1.54) is 11.4 Å². The fourth-order valence-corrected chi connectivity index (χ4v) is 4.13. The molecule has 1 N–H and O–H groups in total. The zero-order chi connectivity index (χ0) is 13.3. The molecule has 0 radical (unpaired) electrons. The van der Waals surface area contributed by atoms with Crippen LogP contribution in [-0.2, 0) is 0 Å². The number of thioether (sulfide) groups is 1. The van der Waals surface area contributed by atoms with Crippen molar-refractivity contribution in [2.24, 2.45) is 0 Å². The van der Waals surface area contributed by atoms with Crippen LogP contribution in [0.1, 0.15) is 32.4 Å². The van der Waals surface area contributed by atoms with Crippen LogP contribution in [0.2, 0.25) is 0 Å². The lowest BCUT2D eigenvalue weighted by Gasteiger charge is -2.39. The highest BCUT2D eigenvalue weighted by molar-refractivity contribution is 9.10. The van der Waals surface area contributed by atoms with Crippen LogP contribution in [0, 0.1) is 0 Å². The predicted molar refractivity (Wildman–Crippen MR) is 83.5 cm³/mol. The molecule has 0 bridgehead atoms. The van der Waals surface area contributed by atoms with Gasteiger partial charge in [0.15, 0.2) is 0 Å². The van der Waals surface area contributed by atoms with Crippen molar-refractivity contribution < 1.29 is 5.11 Å². The summed E-state index contributed by atoms with van der Waals surface area (Å²) in [5.41, 5.74) is 2.19. The third-order valence-electron chi connectivity index (χ3n) is 3.65. The summed E-state index contributed by atoms with van der Waals surface area (Å²) in [6, 6.07) is 6.81. The Labute approximate surface area is 122 Å². The minimum atomic E-state index is -0.429. The standard InChI is InChI=1S/C14H20BrNOS/c1-9-11(3)18-7-6-16(9)12-4-5-13(10(2)17)14(15)8-12/h4-5,8-11,17H,6-7H2,1-3H3/t9?,10-,11?/m0/s1. The Morgan fingerprint density at radius 3 is 2.78 bits per heavy atom. The predicted octanol–water partition coefficient (Wildman–Crippen LogP) is 3.83. The van der Waals surface area contributed by atoms with E-state index in [0.29, 0.717) is 11.3 Å². The van der Waals surface area contributed by atoms with Crippen molar-refractivity contribution in [3.8, 4) is 0 Å².